The van der Waals surface area contributed by atoms with Crippen molar-refractivity contribution in [3.8, 4) is 0 Å². The fourth-order valence-corrected chi connectivity index (χ4v) is 0.803. The van der Waals surface area contributed by atoms with Crippen molar-refractivity contribution in [2.24, 2.45) is 0 Å². The summed E-state index contributed by atoms with van der Waals surface area (Å²) in [4.78, 5) is 10.2. The van der Waals surface area contributed by atoms with Gasteiger partial charge in [0.1, 0.15) is 6.10 Å². The molecule has 0 amide bonds. The first kappa shape index (κ1) is 11.4. The van der Waals surface area contributed by atoms with Gasteiger partial charge in [-0.3, -0.25) is 0 Å². The van der Waals surface area contributed by atoms with Crippen LogP contribution in [0.5, 0.6) is 0 Å². The second kappa shape index (κ2) is 3.87. The Balaban J connectivity index is 0.000001000. The van der Waals surface area contributed by atoms with Crippen LogP contribution >= 0.6 is 0 Å². The monoisotopic (exact) mass is 168 g/mol. The minimum absolute atomic E-state index is 0. The van der Waals surface area contributed by atoms with E-state index in [0.717, 1.165) is 0 Å². The standard InChI is InChI=1S/C6H10O4.Na/c1-6(2)9-3-4(10-6)5(7)8;/h4H,3H2,1-2H3,(H,7,8);/q;+1/p-1. The number of carbonyl (C=O) groups excluding carboxylic acids is 1. The number of rotatable bonds is 1. The van der Waals surface area contributed by atoms with Crippen LogP contribution in [0.2, 0.25) is 0 Å². The third-order valence-corrected chi connectivity index (χ3v) is 1.27. The maximum absolute atomic E-state index is 10.2. The number of hydrogen-bond donors (Lipinski definition) is 0. The molecule has 1 aliphatic heterocycles. The summed E-state index contributed by atoms with van der Waals surface area (Å²) in [7, 11) is 0. The number of carboxylic acid groups (broad SMARTS) is 1. The molecule has 0 aromatic carbocycles. The quantitative estimate of drug-likeness (QED) is 0.373. The molecule has 5 heteroatoms. The summed E-state index contributed by atoms with van der Waals surface area (Å²) < 4.78 is 9.90. The van der Waals surface area contributed by atoms with E-state index in [-0.39, 0.29) is 36.2 Å². The molecule has 1 unspecified atom stereocenters. The average molecular weight is 168 g/mol. The van der Waals surface area contributed by atoms with Crippen LogP contribution in [0.3, 0.4) is 0 Å². The molecule has 58 valence electrons. The van der Waals surface area contributed by atoms with E-state index in [1.54, 1.807) is 13.8 Å². The number of aliphatic carboxylic acids is 1. The van der Waals surface area contributed by atoms with Crippen LogP contribution in [-0.2, 0) is 14.3 Å². The summed E-state index contributed by atoms with van der Waals surface area (Å²) in [6, 6.07) is 0. The summed E-state index contributed by atoms with van der Waals surface area (Å²) in [6.07, 6.45) is -0.907. The number of hydrogen-bond acceptors (Lipinski definition) is 4. The van der Waals surface area contributed by atoms with Crippen LogP contribution < -0.4 is 34.7 Å². The number of ether oxygens (including phenoxy) is 2. The van der Waals surface area contributed by atoms with Gasteiger partial charge in [0.15, 0.2) is 5.79 Å². The van der Waals surface area contributed by atoms with Gasteiger partial charge in [-0.1, -0.05) is 0 Å². The van der Waals surface area contributed by atoms with Crippen molar-refractivity contribution < 1.29 is 48.9 Å². The summed E-state index contributed by atoms with van der Waals surface area (Å²) >= 11 is 0. The Labute approximate surface area is 87.2 Å². The minimum Gasteiger partial charge on any atom is -0.547 e. The zero-order valence-corrected chi connectivity index (χ0v) is 8.92. The van der Waals surface area contributed by atoms with Crippen LogP contribution in [0.4, 0.5) is 0 Å². The molecule has 0 spiro atoms. The Bertz CT molecular complexity index is 157. The molecule has 1 aliphatic rings. The molecule has 0 aliphatic carbocycles. The second-order valence-corrected chi connectivity index (χ2v) is 2.64. The largest absolute Gasteiger partial charge is 1.00 e. The molecule has 0 aromatic rings. The van der Waals surface area contributed by atoms with E-state index in [0.29, 0.717) is 0 Å². The maximum Gasteiger partial charge on any atom is 1.00 e. The molecule has 0 N–H and O–H groups in total. The van der Waals surface area contributed by atoms with Crippen LogP contribution in [0.1, 0.15) is 13.8 Å². The Kier molecular flexibility index (Phi) is 4.00. The van der Waals surface area contributed by atoms with Gasteiger partial charge in [-0.25, -0.2) is 0 Å². The van der Waals surface area contributed by atoms with Gasteiger partial charge >= 0.3 is 29.6 Å². The van der Waals surface area contributed by atoms with Crippen molar-refractivity contribution in [2.75, 3.05) is 6.61 Å². The Hall–Kier alpha value is 0.390. The molecule has 0 bridgehead atoms. The van der Waals surface area contributed by atoms with Gasteiger partial charge in [0.25, 0.3) is 0 Å². The predicted octanol–water partition coefficient (Wildman–Crippen LogP) is -4.11. The first-order valence-electron chi connectivity index (χ1n) is 3.04. The van der Waals surface area contributed by atoms with Crippen molar-refractivity contribution in [2.45, 2.75) is 25.7 Å². The van der Waals surface area contributed by atoms with Crippen molar-refractivity contribution in [3.63, 3.8) is 0 Å². The normalized spacial score (nSPS) is 27.6. The molecule has 1 atom stereocenters. The third-order valence-electron chi connectivity index (χ3n) is 1.27. The summed E-state index contributed by atoms with van der Waals surface area (Å²) in [5, 5.41) is 10.2. The van der Waals surface area contributed by atoms with Crippen LogP contribution in [0.25, 0.3) is 0 Å². The molecule has 0 saturated carbocycles. The molecular formula is C6H9NaO4. The maximum atomic E-state index is 10.2. The van der Waals surface area contributed by atoms with Gasteiger partial charge < -0.3 is 19.4 Å². The van der Waals surface area contributed by atoms with Gasteiger partial charge in [-0.15, -0.1) is 0 Å². The topological polar surface area (TPSA) is 58.6 Å². The molecular weight excluding hydrogens is 159 g/mol. The average Bonchev–Trinajstić information content (AvgIpc) is 2.10. The third kappa shape index (κ3) is 3.09. The predicted molar refractivity (Wildman–Crippen MR) is 29.9 cm³/mol. The van der Waals surface area contributed by atoms with Gasteiger partial charge in [0.2, 0.25) is 0 Å². The fourth-order valence-electron chi connectivity index (χ4n) is 0.803. The molecule has 4 nitrogen and oxygen atoms in total. The first-order valence-corrected chi connectivity index (χ1v) is 3.04. The molecule has 1 rings (SSSR count). The van der Waals surface area contributed by atoms with Crippen LogP contribution in [-0.4, -0.2) is 24.5 Å². The van der Waals surface area contributed by atoms with Crippen molar-refractivity contribution in [3.05, 3.63) is 0 Å². The Morgan fingerprint density at radius 2 is 2.18 bits per heavy atom. The van der Waals surface area contributed by atoms with E-state index < -0.39 is 17.9 Å². The zero-order chi connectivity index (χ0) is 7.78. The first-order chi connectivity index (χ1) is 4.51. The SMILES string of the molecule is CC1(C)OCC(C(=O)[O-])O1.[Na+]. The van der Waals surface area contributed by atoms with Crippen molar-refractivity contribution >= 4 is 5.97 Å². The zero-order valence-electron chi connectivity index (χ0n) is 6.92. The molecule has 1 heterocycles. The van der Waals surface area contributed by atoms with Crippen molar-refractivity contribution in [1.82, 2.24) is 0 Å². The number of carboxylic acids is 1. The summed E-state index contributed by atoms with van der Waals surface area (Å²) in [5.41, 5.74) is 0. The van der Waals surface area contributed by atoms with Crippen LogP contribution in [0, 0.1) is 0 Å². The molecule has 0 radical (unpaired) electrons. The van der Waals surface area contributed by atoms with Gasteiger partial charge in [0, 0.05) is 0 Å². The molecule has 1 fully saturated rings. The second-order valence-electron chi connectivity index (χ2n) is 2.64. The molecule has 11 heavy (non-hydrogen) atoms. The smallest absolute Gasteiger partial charge is 0.547 e. The van der Waals surface area contributed by atoms with E-state index in [2.05, 4.69) is 0 Å². The summed E-state index contributed by atoms with van der Waals surface area (Å²) in [5.74, 6) is -1.99. The van der Waals surface area contributed by atoms with Gasteiger partial charge in [0.05, 0.1) is 12.6 Å². The van der Waals surface area contributed by atoms with Crippen LogP contribution in [0.15, 0.2) is 0 Å². The van der Waals surface area contributed by atoms with E-state index in [1.807, 2.05) is 0 Å². The van der Waals surface area contributed by atoms with E-state index in [4.69, 9.17) is 9.47 Å². The summed E-state index contributed by atoms with van der Waals surface area (Å²) in [6.45, 7) is 3.40. The van der Waals surface area contributed by atoms with E-state index in [9.17, 15) is 9.90 Å². The molecule has 1 saturated heterocycles. The number of carbonyl (C=O) groups is 1. The fraction of sp³-hybridized carbons (Fsp3) is 0.833. The van der Waals surface area contributed by atoms with Gasteiger partial charge in [-0.2, -0.15) is 0 Å². The minimum atomic E-state index is -1.22. The Morgan fingerprint density at radius 3 is 2.36 bits per heavy atom. The van der Waals surface area contributed by atoms with Gasteiger partial charge in [-0.05, 0) is 13.8 Å². The van der Waals surface area contributed by atoms with Crippen molar-refractivity contribution in [1.29, 1.82) is 0 Å². The van der Waals surface area contributed by atoms with E-state index in [1.165, 1.54) is 0 Å². The van der Waals surface area contributed by atoms with E-state index >= 15 is 0 Å². The Morgan fingerprint density at radius 1 is 1.64 bits per heavy atom. The molecule has 0 aromatic heterocycles.